The first-order chi connectivity index (χ1) is 10.9. The molecule has 0 bridgehead atoms. The lowest BCUT2D eigenvalue weighted by Gasteiger charge is -2.11. The lowest BCUT2D eigenvalue weighted by Crippen LogP contribution is -2.22. The smallest absolute Gasteiger partial charge is 0.293 e. The van der Waals surface area contributed by atoms with Gasteiger partial charge in [-0.2, -0.15) is 0 Å². The van der Waals surface area contributed by atoms with Gasteiger partial charge in [0.1, 0.15) is 5.69 Å². The Morgan fingerprint density at radius 1 is 1.22 bits per heavy atom. The van der Waals surface area contributed by atoms with Crippen LogP contribution in [0.25, 0.3) is 0 Å². The number of benzene rings is 2. The van der Waals surface area contributed by atoms with Crippen molar-refractivity contribution < 1.29 is 9.72 Å². The van der Waals surface area contributed by atoms with Crippen LogP contribution in [0.4, 0.5) is 17.1 Å². The fraction of sp³-hybridized carbons (Fsp3) is 0.133. The maximum atomic E-state index is 12.0. The van der Waals surface area contributed by atoms with E-state index >= 15 is 0 Å². The van der Waals surface area contributed by atoms with E-state index in [1.54, 1.807) is 25.1 Å². The number of amides is 1. The van der Waals surface area contributed by atoms with Crippen LogP contribution in [-0.4, -0.2) is 17.4 Å². The number of carbonyl (C=O) groups excluding carboxylic acids is 1. The van der Waals surface area contributed by atoms with Crippen LogP contribution in [0, 0.1) is 17.0 Å². The number of rotatable bonds is 5. The van der Waals surface area contributed by atoms with Crippen LogP contribution in [0.3, 0.4) is 0 Å². The summed E-state index contributed by atoms with van der Waals surface area (Å²) in [7, 11) is 0. The third-order valence-corrected chi connectivity index (χ3v) is 3.78. The molecule has 0 heterocycles. The molecule has 0 spiro atoms. The average Bonchev–Trinajstić information content (AvgIpc) is 2.50. The molecule has 1 amide bonds. The van der Waals surface area contributed by atoms with Crippen LogP contribution < -0.4 is 10.6 Å². The Balaban J connectivity index is 2.05. The van der Waals surface area contributed by atoms with Gasteiger partial charge in [0.05, 0.1) is 11.5 Å². The first kappa shape index (κ1) is 17.1. The molecule has 0 saturated heterocycles. The third-order valence-electron chi connectivity index (χ3n) is 3.14. The molecule has 120 valence electrons. The Hall–Kier alpha value is -2.31. The first-order valence-electron chi connectivity index (χ1n) is 6.61. The topological polar surface area (TPSA) is 84.3 Å². The third kappa shape index (κ3) is 4.34. The van der Waals surface area contributed by atoms with Crippen molar-refractivity contribution >= 4 is 46.2 Å². The molecule has 0 aliphatic heterocycles. The van der Waals surface area contributed by atoms with Crippen molar-refractivity contribution in [3.8, 4) is 0 Å². The van der Waals surface area contributed by atoms with E-state index in [0.717, 1.165) is 5.56 Å². The molecule has 0 radical (unpaired) electrons. The van der Waals surface area contributed by atoms with E-state index in [0.29, 0.717) is 10.7 Å². The van der Waals surface area contributed by atoms with Crippen molar-refractivity contribution in [3.63, 3.8) is 0 Å². The summed E-state index contributed by atoms with van der Waals surface area (Å²) >= 11 is 11.7. The summed E-state index contributed by atoms with van der Waals surface area (Å²) in [4.78, 5) is 22.4. The standard InChI is InChI=1S/C15H13Cl2N3O3/c1-9-11(17)3-2-4-12(9)19-15(21)8-18-13-6-5-10(16)7-14(13)20(22)23/h2-7,18H,8H2,1H3,(H,19,21). The Bertz CT molecular complexity index is 766. The van der Waals surface area contributed by atoms with E-state index in [1.807, 2.05) is 0 Å². The number of nitro groups is 1. The fourth-order valence-electron chi connectivity index (χ4n) is 1.92. The number of anilines is 2. The molecule has 23 heavy (non-hydrogen) atoms. The minimum Gasteiger partial charge on any atom is -0.371 e. The Morgan fingerprint density at radius 3 is 2.65 bits per heavy atom. The van der Waals surface area contributed by atoms with E-state index in [1.165, 1.54) is 18.2 Å². The summed E-state index contributed by atoms with van der Waals surface area (Å²) in [6, 6.07) is 9.37. The quantitative estimate of drug-likeness (QED) is 0.621. The molecular formula is C15H13Cl2N3O3. The number of halogens is 2. The maximum Gasteiger partial charge on any atom is 0.293 e. The molecule has 8 heteroatoms. The SMILES string of the molecule is Cc1c(Cl)cccc1NC(=O)CNc1ccc(Cl)cc1[N+](=O)[O-]. The highest BCUT2D eigenvalue weighted by Gasteiger charge is 2.15. The molecule has 6 nitrogen and oxygen atoms in total. The summed E-state index contributed by atoms with van der Waals surface area (Å²) in [5.41, 5.74) is 1.37. The number of nitrogens with zero attached hydrogens (tertiary/aromatic N) is 1. The predicted molar refractivity (Wildman–Crippen MR) is 91.4 cm³/mol. The average molecular weight is 354 g/mol. The molecule has 2 aromatic carbocycles. The van der Waals surface area contributed by atoms with E-state index < -0.39 is 4.92 Å². The normalized spacial score (nSPS) is 10.2. The Kier molecular flexibility index (Phi) is 5.41. The zero-order chi connectivity index (χ0) is 17.0. The van der Waals surface area contributed by atoms with Crippen molar-refractivity contribution in [1.82, 2.24) is 0 Å². The van der Waals surface area contributed by atoms with Crippen molar-refractivity contribution in [2.45, 2.75) is 6.92 Å². The van der Waals surface area contributed by atoms with Gasteiger partial charge in [-0.1, -0.05) is 29.3 Å². The second-order valence-corrected chi connectivity index (χ2v) is 5.58. The Labute approximate surface area is 142 Å². The second-order valence-electron chi connectivity index (χ2n) is 4.73. The molecule has 0 fully saturated rings. The van der Waals surface area contributed by atoms with Gasteiger partial charge in [-0.3, -0.25) is 14.9 Å². The number of nitrogens with one attached hydrogen (secondary N) is 2. The van der Waals surface area contributed by atoms with E-state index in [9.17, 15) is 14.9 Å². The summed E-state index contributed by atoms with van der Waals surface area (Å²) in [6.45, 7) is 1.66. The van der Waals surface area contributed by atoms with Crippen LogP contribution in [-0.2, 0) is 4.79 Å². The second kappa shape index (κ2) is 7.30. The fourth-order valence-corrected chi connectivity index (χ4v) is 2.26. The number of carbonyl (C=O) groups is 1. The van der Waals surface area contributed by atoms with Gasteiger partial charge in [0.25, 0.3) is 5.69 Å². The summed E-state index contributed by atoms with van der Waals surface area (Å²) < 4.78 is 0. The highest BCUT2D eigenvalue weighted by molar-refractivity contribution is 6.31. The van der Waals surface area contributed by atoms with Crippen LogP contribution in [0.2, 0.25) is 10.0 Å². The van der Waals surface area contributed by atoms with Crippen molar-refractivity contribution in [3.05, 3.63) is 62.1 Å². The van der Waals surface area contributed by atoms with Crippen LogP contribution >= 0.6 is 23.2 Å². The molecule has 0 saturated carbocycles. The van der Waals surface area contributed by atoms with E-state index in [4.69, 9.17) is 23.2 Å². The molecule has 0 aliphatic carbocycles. The van der Waals surface area contributed by atoms with Gasteiger partial charge in [-0.05, 0) is 36.8 Å². The van der Waals surface area contributed by atoms with Gasteiger partial charge >= 0.3 is 0 Å². The molecule has 0 aromatic heterocycles. The van der Waals surface area contributed by atoms with Gasteiger partial charge in [-0.15, -0.1) is 0 Å². The minimum absolute atomic E-state index is 0.131. The molecule has 2 aromatic rings. The number of hydrogen-bond acceptors (Lipinski definition) is 4. The van der Waals surface area contributed by atoms with E-state index in [-0.39, 0.29) is 28.8 Å². The van der Waals surface area contributed by atoms with Crippen LogP contribution in [0.15, 0.2) is 36.4 Å². The predicted octanol–water partition coefficient (Wildman–Crippen LogP) is 4.26. The molecule has 2 N–H and O–H groups in total. The minimum atomic E-state index is -0.562. The van der Waals surface area contributed by atoms with Gasteiger partial charge in [-0.25, -0.2) is 0 Å². The van der Waals surface area contributed by atoms with Crippen LogP contribution in [0.5, 0.6) is 0 Å². The zero-order valence-electron chi connectivity index (χ0n) is 12.1. The van der Waals surface area contributed by atoms with Gasteiger partial charge in [0.15, 0.2) is 0 Å². The molecule has 0 atom stereocenters. The van der Waals surface area contributed by atoms with Gasteiger partial charge < -0.3 is 10.6 Å². The maximum absolute atomic E-state index is 12.0. The Morgan fingerprint density at radius 2 is 1.96 bits per heavy atom. The first-order valence-corrected chi connectivity index (χ1v) is 7.37. The number of nitro benzene ring substituents is 1. The molecule has 0 aliphatic rings. The lowest BCUT2D eigenvalue weighted by atomic mass is 10.2. The molecular weight excluding hydrogens is 341 g/mol. The highest BCUT2D eigenvalue weighted by atomic mass is 35.5. The summed E-state index contributed by atoms with van der Waals surface area (Å²) in [5.74, 6) is -0.348. The number of hydrogen-bond donors (Lipinski definition) is 2. The van der Waals surface area contributed by atoms with Crippen molar-refractivity contribution in [1.29, 1.82) is 0 Å². The monoisotopic (exact) mass is 353 g/mol. The molecule has 2 rings (SSSR count). The highest BCUT2D eigenvalue weighted by Crippen LogP contribution is 2.27. The van der Waals surface area contributed by atoms with Crippen molar-refractivity contribution in [2.24, 2.45) is 0 Å². The lowest BCUT2D eigenvalue weighted by molar-refractivity contribution is -0.383. The van der Waals surface area contributed by atoms with Gasteiger partial charge in [0, 0.05) is 21.8 Å². The molecule has 0 unspecified atom stereocenters. The van der Waals surface area contributed by atoms with Crippen molar-refractivity contribution in [2.75, 3.05) is 17.2 Å². The van der Waals surface area contributed by atoms with E-state index in [2.05, 4.69) is 10.6 Å². The summed E-state index contributed by atoms with van der Waals surface area (Å²) in [5, 5.41) is 17.2. The van der Waals surface area contributed by atoms with Gasteiger partial charge in [0.2, 0.25) is 5.91 Å². The van der Waals surface area contributed by atoms with Crippen LogP contribution in [0.1, 0.15) is 5.56 Å². The summed E-state index contributed by atoms with van der Waals surface area (Å²) in [6.07, 6.45) is 0. The largest absolute Gasteiger partial charge is 0.371 e. The zero-order valence-corrected chi connectivity index (χ0v) is 13.6.